The van der Waals surface area contributed by atoms with Crippen molar-refractivity contribution in [3.63, 3.8) is 0 Å². The minimum absolute atomic E-state index is 0.107. The third-order valence-electron chi connectivity index (χ3n) is 3.08. The maximum atomic E-state index is 13.6. The second-order valence-electron chi connectivity index (χ2n) is 5.37. The fourth-order valence-corrected chi connectivity index (χ4v) is 1.91. The molecule has 0 fully saturated rings. The summed E-state index contributed by atoms with van der Waals surface area (Å²) in [6.45, 7) is 4.85. The lowest BCUT2D eigenvalue weighted by atomic mass is 10.1. The highest BCUT2D eigenvalue weighted by molar-refractivity contribution is 5.78. The summed E-state index contributed by atoms with van der Waals surface area (Å²) in [5.41, 5.74) is 0.840. The summed E-state index contributed by atoms with van der Waals surface area (Å²) >= 11 is 0. The van der Waals surface area contributed by atoms with Gasteiger partial charge >= 0.3 is 0 Å². The first-order valence-electron chi connectivity index (χ1n) is 7.03. The molecular weight excluding hydrogens is 271 g/mol. The summed E-state index contributed by atoms with van der Waals surface area (Å²) in [5, 5.41) is 6.64. The van der Waals surface area contributed by atoms with Crippen molar-refractivity contribution in [1.29, 1.82) is 0 Å². The Kier molecular flexibility index (Phi) is 5.09. The van der Waals surface area contributed by atoms with Crippen LogP contribution in [-0.4, -0.2) is 17.6 Å². The fraction of sp³-hybridized carbons (Fsp3) is 0.375. The summed E-state index contributed by atoms with van der Waals surface area (Å²) in [6.07, 6.45) is 1.07. The molecule has 0 aliphatic heterocycles. The highest BCUT2D eigenvalue weighted by Gasteiger charge is 2.13. The van der Waals surface area contributed by atoms with Crippen LogP contribution < -0.4 is 5.32 Å². The highest BCUT2D eigenvalue weighted by Crippen LogP contribution is 2.23. The second-order valence-corrected chi connectivity index (χ2v) is 5.37. The van der Waals surface area contributed by atoms with Crippen LogP contribution in [0.1, 0.15) is 26.0 Å². The number of amides is 1. The van der Waals surface area contributed by atoms with E-state index in [1.165, 1.54) is 6.07 Å². The van der Waals surface area contributed by atoms with Crippen LogP contribution in [0.3, 0.4) is 0 Å². The van der Waals surface area contributed by atoms with Gasteiger partial charge in [0.1, 0.15) is 5.82 Å². The van der Waals surface area contributed by atoms with E-state index >= 15 is 0 Å². The molecule has 0 bridgehead atoms. The van der Waals surface area contributed by atoms with Crippen molar-refractivity contribution in [2.24, 2.45) is 5.92 Å². The summed E-state index contributed by atoms with van der Waals surface area (Å²) in [7, 11) is 0. The van der Waals surface area contributed by atoms with Crippen LogP contribution in [0.15, 0.2) is 34.9 Å². The molecule has 5 heteroatoms. The SMILES string of the molecule is CC(C)CCNC(=O)Cc1cc(-c2ccccc2F)on1. The Morgan fingerprint density at radius 3 is 2.86 bits per heavy atom. The molecule has 0 radical (unpaired) electrons. The van der Waals surface area contributed by atoms with E-state index in [2.05, 4.69) is 24.3 Å². The number of nitrogens with zero attached hydrogens (tertiary/aromatic N) is 1. The number of hydrogen-bond donors (Lipinski definition) is 1. The maximum absolute atomic E-state index is 13.6. The number of carbonyl (C=O) groups excluding carboxylic acids is 1. The number of carbonyl (C=O) groups is 1. The molecular formula is C16H19FN2O2. The van der Waals surface area contributed by atoms with E-state index < -0.39 is 0 Å². The number of nitrogens with one attached hydrogen (secondary N) is 1. The van der Waals surface area contributed by atoms with E-state index in [1.807, 2.05) is 0 Å². The molecule has 0 unspecified atom stereocenters. The van der Waals surface area contributed by atoms with Gasteiger partial charge in [-0.3, -0.25) is 4.79 Å². The predicted molar refractivity (Wildman–Crippen MR) is 78.1 cm³/mol. The van der Waals surface area contributed by atoms with Crippen LogP contribution in [-0.2, 0) is 11.2 Å². The van der Waals surface area contributed by atoms with Gasteiger partial charge in [0.05, 0.1) is 17.7 Å². The molecule has 1 heterocycles. The van der Waals surface area contributed by atoms with E-state index in [0.717, 1.165) is 6.42 Å². The quantitative estimate of drug-likeness (QED) is 0.889. The Labute approximate surface area is 123 Å². The predicted octanol–water partition coefficient (Wildman–Crippen LogP) is 3.19. The molecule has 0 saturated carbocycles. The van der Waals surface area contributed by atoms with E-state index in [9.17, 15) is 9.18 Å². The Balaban J connectivity index is 1.94. The second kappa shape index (κ2) is 7.02. The molecule has 0 atom stereocenters. The number of benzene rings is 1. The molecule has 1 aromatic heterocycles. The van der Waals surface area contributed by atoms with Gasteiger partial charge in [0.15, 0.2) is 5.76 Å². The normalized spacial score (nSPS) is 10.9. The zero-order valence-electron chi connectivity index (χ0n) is 12.2. The molecule has 0 aliphatic carbocycles. The van der Waals surface area contributed by atoms with Gasteiger partial charge in [-0.25, -0.2) is 4.39 Å². The summed E-state index contributed by atoms with van der Waals surface area (Å²) in [5.74, 6) is 0.397. The molecule has 1 amide bonds. The van der Waals surface area contributed by atoms with Crippen LogP contribution in [0.4, 0.5) is 4.39 Å². The van der Waals surface area contributed by atoms with Crippen molar-refractivity contribution >= 4 is 5.91 Å². The van der Waals surface area contributed by atoms with Gasteiger partial charge in [-0.2, -0.15) is 0 Å². The van der Waals surface area contributed by atoms with Crippen molar-refractivity contribution in [2.45, 2.75) is 26.7 Å². The lowest BCUT2D eigenvalue weighted by Crippen LogP contribution is -2.26. The van der Waals surface area contributed by atoms with Gasteiger partial charge in [-0.15, -0.1) is 0 Å². The molecule has 0 aliphatic rings. The lowest BCUT2D eigenvalue weighted by molar-refractivity contribution is -0.120. The number of hydrogen-bond acceptors (Lipinski definition) is 3. The van der Waals surface area contributed by atoms with Crippen LogP contribution in [0, 0.1) is 11.7 Å². The van der Waals surface area contributed by atoms with Gasteiger partial charge in [0.25, 0.3) is 0 Å². The monoisotopic (exact) mass is 290 g/mol. The fourth-order valence-electron chi connectivity index (χ4n) is 1.91. The Hall–Kier alpha value is -2.17. The van der Waals surface area contributed by atoms with E-state index in [-0.39, 0.29) is 18.1 Å². The largest absolute Gasteiger partial charge is 0.356 e. The van der Waals surface area contributed by atoms with E-state index in [1.54, 1.807) is 24.3 Å². The lowest BCUT2D eigenvalue weighted by Gasteiger charge is -2.05. The summed E-state index contributed by atoms with van der Waals surface area (Å²) < 4.78 is 18.7. The number of halogens is 1. The van der Waals surface area contributed by atoms with Gasteiger partial charge in [-0.1, -0.05) is 31.1 Å². The highest BCUT2D eigenvalue weighted by atomic mass is 19.1. The molecule has 21 heavy (non-hydrogen) atoms. The molecule has 2 rings (SSSR count). The third-order valence-corrected chi connectivity index (χ3v) is 3.08. The van der Waals surface area contributed by atoms with Crippen molar-refractivity contribution in [2.75, 3.05) is 6.54 Å². The molecule has 0 saturated heterocycles. The Morgan fingerprint density at radius 1 is 1.38 bits per heavy atom. The van der Waals surface area contributed by atoms with Gasteiger partial charge < -0.3 is 9.84 Å². The third kappa shape index (κ3) is 4.41. The molecule has 112 valence electrons. The first-order chi connectivity index (χ1) is 10.1. The summed E-state index contributed by atoms with van der Waals surface area (Å²) in [6, 6.07) is 7.90. The van der Waals surface area contributed by atoms with Crippen LogP contribution in [0.25, 0.3) is 11.3 Å². The van der Waals surface area contributed by atoms with Crippen LogP contribution in [0.5, 0.6) is 0 Å². The van der Waals surface area contributed by atoms with Crippen LogP contribution >= 0.6 is 0 Å². The van der Waals surface area contributed by atoms with E-state index in [4.69, 9.17) is 4.52 Å². The van der Waals surface area contributed by atoms with Crippen LogP contribution in [0.2, 0.25) is 0 Å². The van der Waals surface area contributed by atoms with Gasteiger partial charge in [0, 0.05) is 12.6 Å². The van der Waals surface area contributed by atoms with Crippen molar-refractivity contribution in [3.8, 4) is 11.3 Å². The van der Waals surface area contributed by atoms with Crippen molar-refractivity contribution < 1.29 is 13.7 Å². The number of aromatic nitrogens is 1. The molecule has 2 aromatic rings. The van der Waals surface area contributed by atoms with Gasteiger partial charge in [-0.05, 0) is 24.5 Å². The Bertz CT molecular complexity index is 608. The van der Waals surface area contributed by atoms with Crippen molar-refractivity contribution in [3.05, 3.63) is 41.8 Å². The standard InChI is InChI=1S/C16H19FN2O2/c1-11(2)7-8-18-16(20)10-12-9-15(21-19-12)13-5-3-4-6-14(13)17/h3-6,9,11H,7-8,10H2,1-2H3,(H,18,20). The average molecular weight is 290 g/mol. The minimum atomic E-state index is -0.374. The molecule has 1 N–H and O–H groups in total. The molecule has 4 nitrogen and oxygen atoms in total. The first-order valence-corrected chi connectivity index (χ1v) is 7.03. The number of rotatable bonds is 6. The first kappa shape index (κ1) is 15.2. The smallest absolute Gasteiger partial charge is 0.226 e. The average Bonchev–Trinajstić information content (AvgIpc) is 2.87. The summed E-state index contributed by atoms with van der Waals surface area (Å²) in [4.78, 5) is 11.7. The molecule has 1 aromatic carbocycles. The maximum Gasteiger partial charge on any atom is 0.226 e. The molecule has 0 spiro atoms. The van der Waals surface area contributed by atoms with Crippen molar-refractivity contribution in [1.82, 2.24) is 10.5 Å². The Morgan fingerprint density at radius 2 is 2.14 bits per heavy atom. The zero-order chi connectivity index (χ0) is 15.2. The van der Waals surface area contributed by atoms with E-state index in [0.29, 0.717) is 29.5 Å². The minimum Gasteiger partial charge on any atom is -0.356 e. The van der Waals surface area contributed by atoms with Gasteiger partial charge in [0.2, 0.25) is 5.91 Å². The topological polar surface area (TPSA) is 55.1 Å². The zero-order valence-corrected chi connectivity index (χ0v) is 12.2.